The zero-order valence-electron chi connectivity index (χ0n) is 10.7. The molecule has 0 fully saturated rings. The molecule has 17 heavy (non-hydrogen) atoms. The van der Waals surface area contributed by atoms with Crippen LogP contribution >= 0.6 is 11.6 Å². The fourth-order valence-corrected chi connectivity index (χ4v) is 1.77. The van der Waals surface area contributed by atoms with Crippen molar-refractivity contribution in [1.82, 2.24) is 9.97 Å². The summed E-state index contributed by atoms with van der Waals surface area (Å²) >= 11 is 6.07. The number of anilines is 1. The maximum absolute atomic E-state index is 8.82. The number of hydrogen-bond acceptors (Lipinski definition) is 4. The molecule has 1 unspecified atom stereocenters. The minimum atomic E-state index is -0.0433. The molecule has 0 aliphatic heterocycles. The Morgan fingerprint density at radius 1 is 1.47 bits per heavy atom. The molecule has 0 spiro atoms. The first-order valence-corrected chi connectivity index (χ1v) is 6.01. The van der Waals surface area contributed by atoms with Gasteiger partial charge in [0, 0.05) is 25.6 Å². The van der Waals surface area contributed by atoms with Crippen LogP contribution in [0.4, 0.5) is 5.82 Å². The van der Waals surface area contributed by atoms with E-state index in [0.29, 0.717) is 11.7 Å². The minimum absolute atomic E-state index is 0.0433. The molecule has 1 aromatic rings. The Labute approximate surface area is 107 Å². The summed E-state index contributed by atoms with van der Waals surface area (Å²) < 4.78 is 0. The van der Waals surface area contributed by atoms with E-state index in [1.807, 2.05) is 32.7 Å². The highest BCUT2D eigenvalue weighted by molar-refractivity contribution is 6.30. The molecule has 0 saturated heterocycles. The van der Waals surface area contributed by atoms with Crippen molar-refractivity contribution in [3.05, 3.63) is 16.5 Å². The van der Waals surface area contributed by atoms with E-state index in [2.05, 4.69) is 16.0 Å². The smallest absolute Gasteiger partial charge is 0.137 e. The van der Waals surface area contributed by atoms with Crippen LogP contribution in [0.5, 0.6) is 0 Å². The number of aryl methyl sites for hydroxylation is 1. The van der Waals surface area contributed by atoms with Crippen LogP contribution in [0.25, 0.3) is 0 Å². The average molecular weight is 253 g/mol. The molecule has 1 rings (SSSR count). The fourth-order valence-electron chi connectivity index (χ4n) is 1.59. The Bertz CT molecular complexity index is 439. The summed E-state index contributed by atoms with van der Waals surface area (Å²) in [6, 6.07) is 2.21. The molecular formula is C12H17ClN4. The van der Waals surface area contributed by atoms with Crippen LogP contribution < -0.4 is 4.90 Å². The third kappa shape index (κ3) is 3.31. The highest BCUT2D eigenvalue weighted by Crippen LogP contribution is 2.23. The lowest BCUT2D eigenvalue weighted by Gasteiger charge is -2.22. The summed E-state index contributed by atoms with van der Waals surface area (Å²) in [6.45, 7) is 6.40. The van der Waals surface area contributed by atoms with Crippen molar-refractivity contribution in [2.75, 3.05) is 18.5 Å². The van der Waals surface area contributed by atoms with E-state index < -0.39 is 0 Å². The summed E-state index contributed by atoms with van der Waals surface area (Å²) in [5.74, 6) is 1.49. The lowest BCUT2D eigenvalue weighted by Crippen LogP contribution is -2.25. The summed E-state index contributed by atoms with van der Waals surface area (Å²) in [7, 11) is 1.92. The molecule has 5 heteroatoms. The third-order valence-electron chi connectivity index (χ3n) is 2.55. The van der Waals surface area contributed by atoms with Crippen molar-refractivity contribution < 1.29 is 0 Å². The van der Waals surface area contributed by atoms with E-state index >= 15 is 0 Å². The van der Waals surface area contributed by atoms with Crippen LogP contribution in [0, 0.1) is 24.2 Å². The first-order chi connectivity index (χ1) is 7.99. The van der Waals surface area contributed by atoms with Gasteiger partial charge in [0.2, 0.25) is 0 Å². The van der Waals surface area contributed by atoms with Crippen molar-refractivity contribution >= 4 is 17.4 Å². The number of rotatable bonds is 4. The first kappa shape index (κ1) is 13.7. The van der Waals surface area contributed by atoms with Gasteiger partial charge in [0.1, 0.15) is 16.8 Å². The Morgan fingerprint density at radius 2 is 2.12 bits per heavy atom. The first-order valence-electron chi connectivity index (χ1n) is 5.63. The molecule has 1 aromatic heterocycles. The quantitative estimate of drug-likeness (QED) is 0.773. The van der Waals surface area contributed by atoms with Crippen molar-refractivity contribution in [2.24, 2.45) is 5.92 Å². The van der Waals surface area contributed by atoms with Gasteiger partial charge in [-0.1, -0.05) is 18.5 Å². The molecule has 0 aromatic carbocycles. The second-order valence-corrected chi connectivity index (χ2v) is 4.50. The number of hydrogen-bond donors (Lipinski definition) is 0. The molecule has 0 aliphatic carbocycles. The number of aromatic nitrogens is 2. The van der Waals surface area contributed by atoms with Crippen molar-refractivity contribution in [1.29, 1.82) is 5.26 Å². The fraction of sp³-hybridized carbons (Fsp3) is 0.583. The van der Waals surface area contributed by atoms with Crippen LogP contribution in [-0.2, 0) is 6.42 Å². The van der Waals surface area contributed by atoms with Crippen molar-refractivity contribution in [3.8, 4) is 6.07 Å². The van der Waals surface area contributed by atoms with Gasteiger partial charge in [-0.2, -0.15) is 5.26 Å². The van der Waals surface area contributed by atoms with Crippen LogP contribution in [0.1, 0.15) is 25.2 Å². The summed E-state index contributed by atoms with van der Waals surface area (Å²) in [5, 5.41) is 9.31. The standard InChI is InChI=1S/C12H17ClN4/c1-5-10-15-11(13)9(3)12(16-10)17(4)7-8(2)6-14/h8H,5,7H2,1-4H3. The zero-order chi connectivity index (χ0) is 13.0. The molecular weight excluding hydrogens is 236 g/mol. The Kier molecular flexibility index (Phi) is 4.71. The maximum Gasteiger partial charge on any atom is 0.137 e. The second-order valence-electron chi connectivity index (χ2n) is 4.14. The summed E-state index contributed by atoms with van der Waals surface area (Å²) in [6.07, 6.45) is 0.745. The zero-order valence-corrected chi connectivity index (χ0v) is 11.4. The van der Waals surface area contributed by atoms with Crippen LogP contribution in [0.3, 0.4) is 0 Å². The molecule has 0 bridgehead atoms. The topological polar surface area (TPSA) is 52.8 Å². The number of halogens is 1. The summed E-state index contributed by atoms with van der Waals surface area (Å²) in [5.41, 5.74) is 0.858. The van der Waals surface area contributed by atoms with E-state index in [0.717, 1.165) is 23.6 Å². The predicted octanol–water partition coefficient (Wildman–Crippen LogP) is 2.60. The average Bonchev–Trinajstić information content (AvgIpc) is 2.31. The van der Waals surface area contributed by atoms with Gasteiger partial charge in [0.05, 0.1) is 12.0 Å². The Balaban J connectivity index is 3.04. The Morgan fingerprint density at radius 3 is 2.65 bits per heavy atom. The highest BCUT2D eigenvalue weighted by Gasteiger charge is 2.14. The van der Waals surface area contributed by atoms with E-state index in [-0.39, 0.29) is 5.92 Å². The lowest BCUT2D eigenvalue weighted by atomic mass is 10.2. The predicted molar refractivity (Wildman–Crippen MR) is 69.2 cm³/mol. The second kappa shape index (κ2) is 5.83. The van der Waals surface area contributed by atoms with E-state index in [1.54, 1.807) is 0 Å². The third-order valence-corrected chi connectivity index (χ3v) is 2.92. The molecule has 0 N–H and O–H groups in total. The lowest BCUT2D eigenvalue weighted by molar-refractivity contribution is 0.704. The van der Waals surface area contributed by atoms with Gasteiger partial charge < -0.3 is 4.90 Å². The maximum atomic E-state index is 8.82. The van der Waals surface area contributed by atoms with E-state index in [1.165, 1.54) is 0 Å². The van der Waals surface area contributed by atoms with Gasteiger partial charge in [-0.15, -0.1) is 0 Å². The monoisotopic (exact) mass is 252 g/mol. The van der Waals surface area contributed by atoms with E-state index in [9.17, 15) is 0 Å². The molecule has 92 valence electrons. The van der Waals surface area contributed by atoms with Crippen LogP contribution in [0.15, 0.2) is 0 Å². The van der Waals surface area contributed by atoms with Gasteiger partial charge in [-0.05, 0) is 13.8 Å². The molecule has 0 radical (unpaired) electrons. The molecule has 0 aliphatic rings. The van der Waals surface area contributed by atoms with Gasteiger partial charge in [-0.25, -0.2) is 9.97 Å². The largest absolute Gasteiger partial charge is 0.358 e. The number of nitriles is 1. The van der Waals surface area contributed by atoms with Crippen molar-refractivity contribution in [2.45, 2.75) is 27.2 Å². The highest BCUT2D eigenvalue weighted by atomic mass is 35.5. The van der Waals surface area contributed by atoms with Crippen LogP contribution in [-0.4, -0.2) is 23.6 Å². The van der Waals surface area contributed by atoms with Gasteiger partial charge in [-0.3, -0.25) is 0 Å². The Hall–Kier alpha value is -1.34. The molecule has 0 saturated carbocycles. The van der Waals surface area contributed by atoms with Crippen LogP contribution in [0.2, 0.25) is 5.15 Å². The molecule has 0 amide bonds. The number of nitrogens with zero attached hydrogens (tertiary/aromatic N) is 4. The SMILES string of the molecule is CCc1nc(Cl)c(C)c(N(C)CC(C)C#N)n1. The normalized spacial score (nSPS) is 12.0. The van der Waals surface area contributed by atoms with E-state index in [4.69, 9.17) is 16.9 Å². The van der Waals surface area contributed by atoms with Gasteiger partial charge in [0.15, 0.2) is 0 Å². The summed E-state index contributed by atoms with van der Waals surface area (Å²) in [4.78, 5) is 10.6. The molecule has 1 atom stereocenters. The van der Waals surface area contributed by atoms with Gasteiger partial charge >= 0.3 is 0 Å². The minimum Gasteiger partial charge on any atom is -0.358 e. The molecule has 4 nitrogen and oxygen atoms in total. The van der Waals surface area contributed by atoms with Gasteiger partial charge in [0.25, 0.3) is 0 Å². The molecule has 1 heterocycles. The van der Waals surface area contributed by atoms with Crippen molar-refractivity contribution in [3.63, 3.8) is 0 Å².